The van der Waals surface area contributed by atoms with E-state index >= 15 is 0 Å². The van der Waals surface area contributed by atoms with Crippen LogP contribution in [0.5, 0.6) is 0 Å². The van der Waals surface area contributed by atoms with E-state index in [0.717, 1.165) is 17.4 Å². The second kappa shape index (κ2) is 12.4. The van der Waals surface area contributed by atoms with E-state index in [1.54, 1.807) is 7.05 Å². The molecule has 0 aromatic heterocycles. The second-order valence-corrected chi connectivity index (χ2v) is 7.96. The van der Waals surface area contributed by atoms with Crippen LogP contribution in [0.3, 0.4) is 0 Å². The molecule has 1 aromatic rings. The average molecular weight is 514 g/mol. The first-order chi connectivity index (χ1) is 13.7. The lowest BCUT2D eigenvalue weighted by Gasteiger charge is -2.32. The molecule has 29 heavy (non-hydrogen) atoms. The summed E-state index contributed by atoms with van der Waals surface area (Å²) in [6, 6.07) is 10.5. The van der Waals surface area contributed by atoms with Crippen LogP contribution in [0.25, 0.3) is 0 Å². The number of aliphatic imine (C=N–C) groups is 1. The van der Waals surface area contributed by atoms with Gasteiger partial charge in [0, 0.05) is 32.7 Å². The van der Waals surface area contributed by atoms with Gasteiger partial charge in [-0.15, -0.1) is 24.0 Å². The van der Waals surface area contributed by atoms with E-state index < -0.39 is 0 Å². The van der Waals surface area contributed by atoms with Crippen molar-refractivity contribution in [2.45, 2.75) is 44.6 Å². The first kappa shape index (κ1) is 23.9. The van der Waals surface area contributed by atoms with Crippen LogP contribution in [0.2, 0.25) is 0 Å². The highest BCUT2D eigenvalue weighted by Gasteiger charge is 2.27. The molecule has 2 aliphatic rings. The van der Waals surface area contributed by atoms with E-state index in [4.69, 9.17) is 4.74 Å². The molecule has 1 amide bonds. The van der Waals surface area contributed by atoms with Gasteiger partial charge in [-0.2, -0.15) is 0 Å². The molecule has 0 bridgehead atoms. The number of carbonyl (C=O) groups is 1. The molecular weight excluding hydrogens is 479 g/mol. The van der Waals surface area contributed by atoms with Crippen LogP contribution in [0.4, 0.5) is 0 Å². The van der Waals surface area contributed by atoms with Gasteiger partial charge in [0.1, 0.15) is 0 Å². The molecule has 6 nitrogen and oxygen atoms in total. The monoisotopic (exact) mass is 514 g/mol. The molecule has 1 aromatic carbocycles. The van der Waals surface area contributed by atoms with Gasteiger partial charge in [-0.3, -0.25) is 9.79 Å². The van der Waals surface area contributed by atoms with Crippen molar-refractivity contribution < 1.29 is 9.53 Å². The summed E-state index contributed by atoms with van der Waals surface area (Å²) in [6.45, 7) is 5.41. The minimum atomic E-state index is -0.232. The lowest BCUT2D eigenvalue weighted by molar-refractivity contribution is -0.136. The predicted octanol–water partition coefficient (Wildman–Crippen LogP) is 2.99. The predicted molar refractivity (Wildman–Crippen MR) is 128 cm³/mol. The van der Waals surface area contributed by atoms with E-state index in [2.05, 4.69) is 22.5 Å². The Kier molecular flexibility index (Phi) is 10.2. The van der Waals surface area contributed by atoms with Gasteiger partial charge in [0.05, 0.1) is 19.1 Å². The fraction of sp³-hybridized carbons (Fsp3) is 0.636. The summed E-state index contributed by atoms with van der Waals surface area (Å²) in [5.74, 6) is 1.53. The molecule has 3 rings (SSSR count). The first-order valence-electron chi connectivity index (χ1n) is 10.6. The Hall–Kier alpha value is -1.35. The maximum Gasteiger partial charge on any atom is 0.232 e. The lowest BCUT2D eigenvalue weighted by Crippen LogP contribution is -2.49. The highest BCUT2D eigenvalue weighted by atomic mass is 127. The zero-order valence-corrected chi connectivity index (χ0v) is 19.9. The smallest absolute Gasteiger partial charge is 0.232 e. The summed E-state index contributed by atoms with van der Waals surface area (Å²) >= 11 is 0. The second-order valence-electron chi connectivity index (χ2n) is 7.96. The van der Waals surface area contributed by atoms with Crippen molar-refractivity contribution in [3.05, 3.63) is 35.9 Å². The van der Waals surface area contributed by atoms with E-state index in [-0.39, 0.29) is 35.8 Å². The lowest BCUT2D eigenvalue weighted by atomic mass is 9.87. The van der Waals surface area contributed by atoms with Gasteiger partial charge < -0.3 is 20.3 Å². The number of hydrogen-bond acceptors (Lipinski definition) is 3. The van der Waals surface area contributed by atoms with Gasteiger partial charge >= 0.3 is 0 Å². The number of rotatable bonds is 5. The van der Waals surface area contributed by atoms with Gasteiger partial charge in [0.15, 0.2) is 5.96 Å². The van der Waals surface area contributed by atoms with Gasteiger partial charge in [0.25, 0.3) is 0 Å². The summed E-state index contributed by atoms with van der Waals surface area (Å²) < 4.78 is 5.40. The van der Waals surface area contributed by atoms with Crippen LogP contribution >= 0.6 is 24.0 Å². The molecule has 1 saturated carbocycles. The highest BCUT2D eigenvalue weighted by Crippen LogP contribution is 2.23. The molecule has 1 aliphatic heterocycles. The molecule has 1 saturated heterocycles. The number of ether oxygens (including phenoxy) is 1. The third kappa shape index (κ3) is 7.13. The Morgan fingerprint density at radius 1 is 1.17 bits per heavy atom. The Bertz CT molecular complexity index is 641. The standard InChI is InChI=1S/C22H34N4O2.HI/c1-17-8-10-19(11-9-17)25-22(23-2)24-16-20(18-6-4-3-5-7-18)21(27)26-12-14-28-15-13-26;/h3-7,17,19-20H,8-16H2,1-2H3,(H2,23,24,25);1H. The Balaban J connectivity index is 0.00000300. The van der Waals surface area contributed by atoms with Crippen molar-refractivity contribution in [3.63, 3.8) is 0 Å². The fourth-order valence-corrected chi connectivity index (χ4v) is 4.03. The zero-order valence-electron chi connectivity index (χ0n) is 17.6. The van der Waals surface area contributed by atoms with Crippen LogP contribution in [0.15, 0.2) is 35.3 Å². The summed E-state index contributed by atoms with van der Waals surface area (Å²) in [5, 5.41) is 6.95. The Morgan fingerprint density at radius 3 is 2.45 bits per heavy atom. The summed E-state index contributed by atoms with van der Waals surface area (Å²) in [6.07, 6.45) is 4.88. The van der Waals surface area contributed by atoms with Crippen molar-refractivity contribution in [3.8, 4) is 0 Å². The molecule has 1 unspecified atom stereocenters. The van der Waals surface area contributed by atoms with Crippen LogP contribution in [-0.2, 0) is 9.53 Å². The molecule has 7 heteroatoms. The Morgan fingerprint density at radius 2 is 1.83 bits per heavy atom. The molecule has 162 valence electrons. The quantitative estimate of drug-likeness (QED) is 0.361. The van der Waals surface area contributed by atoms with E-state index in [9.17, 15) is 4.79 Å². The van der Waals surface area contributed by atoms with Crippen LogP contribution in [-0.4, -0.2) is 62.7 Å². The van der Waals surface area contributed by atoms with Gasteiger partial charge in [-0.25, -0.2) is 0 Å². The molecule has 1 heterocycles. The average Bonchev–Trinajstić information content (AvgIpc) is 2.75. The zero-order chi connectivity index (χ0) is 19.8. The molecule has 0 spiro atoms. The molecule has 1 atom stereocenters. The minimum Gasteiger partial charge on any atom is -0.378 e. The number of halogens is 1. The van der Waals surface area contributed by atoms with Crippen LogP contribution in [0.1, 0.15) is 44.1 Å². The highest BCUT2D eigenvalue weighted by molar-refractivity contribution is 14.0. The molecule has 0 radical (unpaired) electrons. The van der Waals surface area contributed by atoms with E-state index in [1.807, 2.05) is 35.2 Å². The molecular formula is C22H35IN4O2. The Labute approximate surface area is 191 Å². The minimum absolute atomic E-state index is 0. The van der Waals surface area contributed by atoms with Crippen molar-refractivity contribution in [2.75, 3.05) is 39.9 Å². The first-order valence-corrected chi connectivity index (χ1v) is 10.6. The summed E-state index contributed by atoms with van der Waals surface area (Å²) in [4.78, 5) is 19.5. The largest absolute Gasteiger partial charge is 0.378 e. The molecule has 2 N–H and O–H groups in total. The van der Waals surface area contributed by atoms with Crippen LogP contribution < -0.4 is 10.6 Å². The maximum atomic E-state index is 13.2. The SMILES string of the molecule is CN=C(NCC(C(=O)N1CCOCC1)c1ccccc1)NC1CCC(C)CC1.I. The number of carbonyl (C=O) groups excluding carboxylic acids is 1. The van der Waals surface area contributed by atoms with Gasteiger partial charge in [0.2, 0.25) is 5.91 Å². The number of benzene rings is 1. The van der Waals surface area contributed by atoms with Crippen molar-refractivity contribution >= 4 is 35.8 Å². The van der Waals surface area contributed by atoms with Crippen LogP contribution in [0, 0.1) is 5.92 Å². The number of nitrogens with zero attached hydrogens (tertiary/aromatic N) is 2. The number of guanidine groups is 1. The van der Waals surface area contributed by atoms with Crippen molar-refractivity contribution in [1.29, 1.82) is 0 Å². The van der Waals surface area contributed by atoms with E-state index in [0.29, 0.717) is 38.9 Å². The maximum absolute atomic E-state index is 13.2. The van der Waals surface area contributed by atoms with Crippen molar-refractivity contribution in [1.82, 2.24) is 15.5 Å². The number of hydrogen-bond donors (Lipinski definition) is 2. The van der Waals surface area contributed by atoms with Gasteiger partial charge in [-0.1, -0.05) is 37.3 Å². The molecule has 1 aliphatic carbocycles. The normalized spacial score (nSPS) is 23.7. The number of morpholine rings is 1. The molecule has 2 fully saturated rings. The third-order valence-corrected chi connectivity index (χ3v) is 5.88. The fourth-order valence-electron chi connectivity index (χ4n) is 4.03. The van der Waals surface area contributed by atoms with Crippen molar-refractivity contribution in [2.24, 2.45) is 10.9 Å². The number of nitrogens with one attached hydrogen (secondary N) is 2. The van der Waals surface area contributed by atoms with Gasteiger partial charge in [-0.05, 0) is 37.2 Å². The summed E-state index contributed by atoms with van der Waals surface area (Å²) in [5.41, 5.74) is 1.04. The third-order valence-electron chi connectivity index (χ3n) is 5.88. The topological polar surface area (TPSA) is 66.0 Å². The van der Waals surface area contributed by atoms with E-state index in [1.165, 1.54) is 25.7 Å². The number of amides is 1. The summed E-state index contributed by atoms with van der Waals surface area (Å²) in [7, 11) is 1.79.